The summed E-state index contributed by atoms with van der Waals surface area (Å²) in [6.07, 6.45) is 5.09. The van der Waals surface area contributed by atoms with Crippen molar-refractivity contribution in [1.82, 2.24) is 5.32 Å². The van der Waals surface area contributed by atoms with Crippen LogP contribution in [0.15, 0.2) is 22.7 Å². The molecule has 1 aromatic carbocycles. The van der Waals surface area contributed by atoms with Gasteiger partial charge in [0.05, 0.1) is 0 Å². The maximum atomic E-state index is 3.63. The SMILES string of the molecule is CCCN(CCC)c1cc(Br)ccc1CNC1CC1. The zero-order valence-corrected chi connectivity index (χ0v) is 13.7. The van der Waals surface area contributed by atoms with E-state index in [0.717, 1.165) is 25.7 Å². The molecule has 1 aliphatic rings. The van der Waals surface area contributed by atoms with Crippen molar-refractivity contribution in [3.8, 4) is 0 Å². The molecular weight excluding hydrogens is 300 g/mol. The lowest BCUT2D eigenvalue weighted by Crippen LogP contribution is -2.27. The normalized spacial score (nSPS) is 14.7. The summed E-state index contributed by atoms with van der Waals surface area (Å²) in [5.41, 5.74) is 2.82. The highest BCUT2D eigenvalue weighted by Gasteiger charge is 2.21. The zero-order valence-electron chi connectivity index (χ0n) is 12.1. The molecule has 0 aromatic heterocycles. The summed E-state index contributed by atoms with van der Waals surface area (Å²) in [7, 11) is 0. The van der Waals surface area contributed by atoms with Crippen LogP contribution < -0.4 is 10.2 Å². The number of anilines is 1. The molecule has 0 radical (unpaired) electrons. The van der Waals surface area contributed by atoms with Gasteiger partial charge in [-0.1, -0.05) is 35.8 Å². The number of halogens is 1. The molecule has 2 nitrogen and oxygen atoms in total. The van der Waals surface area contributed by atoms with Gasteiger partial charge in [-0.15, -0.1) is 0 Å². The lowest BCUT2D eigenvalue weighted by atomic mass is 10.1. The van der Waals surface area contributed by atoms with Gasteiger partial charge in [0.2, 0.25) is 0 Å². The van der Waals surface area contributed by atoms with Gasteiger partial charge >= 0.3 is 0 Å². The minimum absolute atomic E-state index is 0.766. The van der Waals surface area contributed by atoms with Crippen molar-refractivity contribution < 1.29 is 0 Å². The van der Waals surface area contributed by atoms with E-state index in [1.165, 1.54) is 41.4 Å². The molecule has 0 amide bonds. The van der Waals surface area contributed by atoms with Crippen LogP contribution in [-0.2, 0) is 6.54 Å². The summed E-state index contributed by atoms with van der Waals surface area (Å²) in [6, 6.07) is 7.45. The maximum absolute atomic E-state index is 3.63. The van der Waals surface area contributed by atoms with E-state index in [1.54, 1.807) is 0 Å². The minimum Gasteiger partial charge on any atom is -0.371 e. The van der Waals surface area contributed by atoms with Gasteiger partial charge in [-0.2, -0.15) is 0 Å². The summed E-state index contributed by atoms with van der Waals surface area (Å²) < 4.78 is 1.18. The van der Waals surface area contributed by atoms with Crippen LogP contribution in [0.2, 0.25) is 0 Å². The van der Waals surface area contributed by atoms with Crippen molar-refractivity contribution in [3.05, 3.63) is 28.2 Å². The highest BCUT2D eigenvalue weighted by molar-refractivity contribution is 9.10. The molecule has 1 fully saturated rings. The molecule has 0 spiro atoms. The van der Waals surface area contributed by atoms with Gasteiger partial charge in [0, 0.05) is 35.8 Å². The smallest absolute Gasteiger partial charge is 0.0423 e. The van der Waals surface area contributed by atoms with Crippen molar-refractivity contribution in [3.63, 3.8) is 0 Å². The van der Waals surface area contributed by atoms with Crippen LogP contribution >= 0.6 is 15.9 Å². The van der Waals surface area contributed by atoms with E-state index >= 15 is 0 Å². The van der Waals surface area contributed by atoms with E-state index in [9.17, 15) is 0 Å². The summed E-state index contributed by atoms with van der Waals surface area (Å²) in [4.78, 5) is 2.52. The second-order valence-corrected chi connectivity index (χ2v) is 6.33. The largest absolute Gasteiger partial charge is 0.371 e. The fourth-order valence-electron chi connectivity index (χ4n) is 2.42. The van der Waals surface area contributed by atoms with Gasteiger partial charge in [-0.05, 0) is 43.4 Å². The van der Waals surface area contributed by atoms with Gasteiger partial charge in [-0.3, -0.25) is 0 Å². The molecule has 106 valence electrons. The Kier molecular flexibility index (Phi) is 5.71. The first-order valence-corrected chi connectivity index (χ1v) is 8.30. The van der Waals surface area contributed by atoms with Gasteiger partial charge < -0.3 is 10.2 Å². The second kappa shape index (κ2) is 7.30. The Bertz CT molecular complexity index is 396. The van der Waals surface area contributed by atoms with Crippen LogP contribution in [0.4, 0.5) is 5.69 Å². The lowest BCUT2D eigenvalue weighted by Gasteiger charge is -2.27. The Morgan fingerprint density at radius 2 is 1.89 bits per heavy atom. The van der Waals surface area contributed by atoms with E-state index < -0.39 is 0 Å². The summed E-state index contributed by atoms with van der Waals surface area (Å²) in [5, 5.41) is 3.63. The third kappa shape index (κ3) is 4.50. The molecule has 19 heavy (non-hydrogen) atoms. The number of hydrogen-bond acceptors (Lipinski definition) is 2. The van der Waals surface area contributed by atoms with Crippen LogP contribution in [0.5, 0.6) is 0 Å². The molecule has 0 bridgehead atoms. The Morgan fingerprint density at radius 1 is 1.21 bits per heavy atom. The molecule has 2 rings (SSSR count). The quantitative estimate of drug-likeness (QED) is 0.765. The predicted molar refractivity (Wildman–Crippen MR) is 86.8 cm³/mol. The Hall–Kier alpha value is -0.540. The van der Waals surface area contributed by atoms with Gasteiger partial charge in [0.15, 0.2) is 0 Å². The monoisotopic (exact) mass is 324 g/mol. The molecular formula is C16H25BrN2. The molecule has 1 aromatic rings. The number of hydrogen-bond donors (Lipinski definition) is 1. The van der Waals surface area contributed by atoms with Gasteiger partial charge in [0.25, 0.3) is 0 Å². The van der Waals surface area contributed by atoms with Crippen molar-refractivity contribution in [2.45, 2.75) is 52.1 Å². The lowest BCUT2D eigenvalue weighted by molar-refractivity contribution is 0.678. The van der Waals surface area contributed by atoms with Crippen LogP contribution in [0.25, 0.3) is 0 Å². The van der Waals surface area contributed by atoms with E-state index in [-0.39, 0.29) is 0 Å². The van der Waals surface area contributed by atoms with Crippen LogP contribution in [0.3, 0.4) is 0 Å². The topological polar surface area (TPSA) is 15.3 Å². The molecule has 3 heteroatoms. The predicted octanol–water partition coefficient (Wildman–Crippen LogP) is 4.33. The number of benzene rings is 1. The average Bonchev–Trinajstić information content (AvgIpc) is 3.21. The van der Waals surface area contributed by atoms with Gasteiger partial charge in [-0.25, -0.2) is 0 Å². The Balaban J connectivity index is 2.14. The number of rotatable bonds is 8. The Labute approximate surface area is 125 Å². The van der Waals surface area contributed by atoms with E-state index in [1.807, 2.05) is 0 Å². The molecule has 1 aliphatic carbocycles. The fourth-order valence-corrected chi connectivity index (χ4v) is 2.76. The maximum Gasteiger partial charge on any atom is 0.0423 e. The van der Waals surface area contributed by atoms with Crippen LogP contribution in [-0.4, -0.2) is 19.1 Å². The summed E-state index contributed by atoms with van der Waals surface area (Å²) in [5.74, 6) is 0. The molecule has 1 saturated carbocycles. The van der Waals surface area contributed by atoms with Crippen molar-refractivity contribution in [2.24, 2.45) is 0 Å². The highest BCUT2D eigenvalue weighted by Crippen LogP contribution is 2.27. The third-order valence-electron chi connectivity index (χ3n) is 3.53. The highest BCUT2D eigenvalue weighted by atomic mass is 79.9. The van der Waals surface area contributed by atoms with Crippen molar-refractivity contribution >= 4 is 21.6 Å². The molecule has 0 saturated heterocycles. The van der Waals surface area contributed by atoms with E-state index in [4.69, 9.17) is 0 Å². The van der Waals surface area contributed by atoms with Crippen molar-refractivity contribution in [1.29, 1.82) is 0 Å². The molecule has 0 heterocycles. The van der Waals surface area contributed by atoms with Crippen molar-refractivity contribution in [2.75, 3.05) is 18.0 Å². The zero-order chi connectivity index (χ0) is 13.7. The third-order valence-corrected chi connectivity index (χ3v) is 4.03. The Morgan fingerprint density at radius 3 is 2.47 bits per heavy atom. The fraction of sp³-hybridized carbons (Fsp3) is 0.625. The standard InChI is InChI=1S/C16H25BrN2/c1-3-9-19(10-4-2)16-11-14(17)6-5-13(16)12-18-15-7-8-15/h5-6,11,15,18H,3-4,7-10,12H2,1-2H3. The molecule has 1 N–H and O–H groups in total. The number of nitrogens with zero attached hydrogens (tertiary/aromatic N) is 1. The first-order valence-electron chi connectivity index (χ1n) is 7.51. The molecule has 0 aliphatic heterocycles. The number of nitrogens with one attached hydrogen (secondary N) is 1. The summed E-state index contributed by atoms with van der Waals surface area (Å²) >= 11 is 3.61. The van der Waals surface area contributed by atoms with E-state index in [2.05, 4.69) is 58.2 Å². The minimum atomic E-state index is 0.766. The van der Waals surface area contributed by atoms with Crippen LogP contribution in [0, 0.1) is 0 Å². The average molecular weight is 325 g/mol. The first kappa shape index (κ1) is 14.9. The summed E-state index contributed by atoms with van der Waals surface area (Å²) in [6.45, 7) is 7.78. The second-order valence-electron chi connectivity index (χ2n) is 5.42. The van der Waals surface area contributed by atoms with E-state index in [0.29, 0.717) is 0 Å². The van der Waals surface area contributed by atoms with Crippen LogP contribution in [0.1, 0.15) is 45.1 Å². The molecule has 0 atom stereocenters. The van der Waals surface area contributed by atoms with Gasteiger partial charge in [0.1, 0.15) is 0 Å². The first-order chi connectivity index (χ1) is 9.24. The molecule has 0 unspecified atom stereocenters.